The molecule has 7 heteroatoms. The van der Waals surface area contributed by atoms with E-state index in [1.807, 2.05) is 61.0 Å². The number of hydrogen-bond donors (Lipinski definition) is 2. The molecule has 0 radical (unpaired) electrons. The molecule has 0 unspecified atom stereocenters. The third kappa shape index (κ3) is 5.91. The average molecular weight is 475 g/mol. The van der Waals surface area contributed by atoms with Gasteiger partial charge in [0.1, 0.15) is 12.2 Å². The number of thiophene rings is 1. The molecular weight excluding hydrogens is 444 g/mol. The van der Waals surface area contributed by atoms with Gasteiger partial charge in [0.05, 0.1) is 12.3 Å². The van der Waals surface area contributed by atoms with Gasteiger partial charge in [-0.1, -0.05) is 54.6 Å². The molecule has 176 valence electrons. The maximum absolute atomic E-state index is 12.9. The van der Waals surface area contributed by atoms with Crippen LogP contribution in [0.15, 0.2) is 77.1 Å². The first-order valence-corrected chi connectivity index (χ1v) is 12.4. The highest BCUT2D eigenvalue weighted by Crippen LogP contribution is 2.26. The molecular formula is C27H30N4O2S. The number of rotatable bonds is 8. The van der Waals surface area contributed by atoms with Crippen LogP contribution >= 0.6 is 11.3 Å². The SMILES string of the molecule is C[C@H](NC(=O)CCCc1cccs1)C(=O)N[C@@H]1CN(C)c2ccccc2C(c2ccccc2)=N1. The molecule has 2 N–H and O–H groups in total. The lowest BCUT2D eigenvalue weighted by Gasteiger charge is -2.24. The number of aryl methyl sites for hydroxylation is 1. The molecule has 2 heterocycles. The molecule has 0 bridgehead atoms. The van der Waals surface area contributed by atoms with Gasteiger partial charge in [-0.3, -0.25) is 14.6 Å². The molecule has 6 nitrogen and oxygen atoms in total. The van der Waals surface area contributed by atoms with Gasteiger partial charge >= 0.3 is 0 Å². The Bertz CT molecular complexity index is 1140. The largest absolute Gasteiger partial charge is 0.370 e. The summed E-state index contributed by atoms with van der Waals surface area (Å²) in [6.07, 6.45) is 1.58. The molecule has 2 amide bonds. The van der Waals surface area contributed by atoms with E-state index in [1.165, 1.54) is 4.88 Å². The number of fused-ring (bicyclic) bond motifs is 1. The van der Waals surface area contributed by atoms with Crippen molar-refractivity contribution in [2.24, 2.45) is 4.99 Å². The van der Waals surface area contributed by atoms with Crippen LogP contribution in [0.25, 0.3) is 0 Å². The number of nitrogens with one attached hydrogen (secondary N) is 2. The monoisotopic (exact) mass is 474 g/mol. The van der Waals surface area contributed by atoms with Gasteiger partial charge in [0.15, 0.2) is 0 Å². The van der Waals surface area contributed by atoms with E-state index in [0.717, 1.165) is 35.4 Å². The fraction of sp³-hybridized carbons (Fsp3) is 0.296. The molecule has 0 fully saturated rings. The van der Waals surface area contributed by atoms with Crippen molar-refractivity contribution >= 4 is 34.6 Å². The Balaban J connectivity index is 1.41. The summed E-state index contributed by atoms with van der Waals surface area (Å²) in [4.78, 5) is 33.6. The molecule has 34 heavy (non-hydrogen) atoms. The van der Waals surface area contributed by atoms with Crippen LogP contribution in [-0.4, -0.2) is 43.3 Å². The molecule has 1 aromatic heterocycles. The van der Waals surface area contributed by atoms with E-state index >= 15 is 0 Å². The Kier molecular flexibility index (Phi) is 7.75. The number of anilines is 1. The Hall–Kier alpha value is -3.45. The quantitative estimate of drug-likeness (QED) is 0.518. The predicted molar refractivity (Wildman–Crippen MR) is 139 cm³/mol. The first-order chi connectivity index (χ1) is 16.5. The summed E-state index contributed by atoms with van der Waals surface area (Å²) in [6, 6.07) is 21.6. The van der Waals surface area contributed by atoms with Crippen molar-refractivity contribution in [1.82, 2.24) is 10.6 Å². The number of benzodiazepines with no additional fused rings is 1. The maximum Gasteiger partial charge on any atom is 0.243 e. The van der Waals surface area contributed by atoms with E-state index in [4.69, 9.17) is 4.99 Å². The van der Waals surface area contributed by atoms with Crippen molar-refractivity contribution in [2.45, 2.75) is 38.4 Å². The number of carbonyl (C=O) groups is 2. The lowest BCUT2D eigenvalue weighted by atomic mass is 10.0. The third-order valence-corrected chi connectivity index (χ3v) is 6.77. The van der Waals surface area contributed by atoms with Crippen LogP contribution in [0.1, 0.15) is 35.8 Å². The fourth-order valence-corrected chi connectivity index (χ4v) is 4.83. The summed E-state index contributed by atoms with van der Waals surface area (Å²) in [7, 11) is 2.00. The van der Waals surface area contributed by atoms with E-state index in [0.29, 0.717) is 13.0 Å². The van der Waals surface area contributed by atoms with E-state index in [2.05, 4.69) is 33.7 Å². The Morgan fingerprint density at radius 2 is 1.85 bits per heavy atom. The van der Waals surface area contributed by atoms with Crippen LogP contribution in [0, 0.1) is 0 Å². The molecule has 0 saturated carbocycles. The van der Waals surface area contributed by atoms with E-state index < -0.39 is 12.2 Å². The van der Waals surface area contributed by atoms with Gasteiger partial charge in [-0.15, -0.1) is 11.3 Å². The fourth-order valence-electron chi connectivity index (χ4n) is 4.08. The zero-order valence-corrected chi connectivity index (χ0v) is 20.3. The average Bonchev–Trinajstić information content (AvgIpc) is 3.31. The minimum absolute atomic E-state index is 0.113. The highest BCUT2D eigenvalue weighted by Gasteiger charge is 2.25. The van der Waals surface area contributed by atoms with Crippen molar-refractivity contribution in [1.29, 1.82) is 0 Å². The van der Waals surface area contributed by atoms with E-state index in [-0.39, 0.29) is 11.8 Å². The standard InChI is InChI=1S/C27H30N4O2S/c1-19(28-25(32)16-8-12-21-13-9-17-34-21)27(33)30-24-18-31(2)23-15-7-6-14-22(23)26(29-24)20-10-4-3-5-11-20/h3-7,9-11,13-15,17,19,24H,8,12,16,18H2,1-2H3,(H,28,32)(H,30,33)/t19-,24+/m0/s1. The van der Waals surface area contributed by atoms with Crippen LogP contribution in [-0.2, 0) is 16.0 Å². The van der Waals surface area contributed by atoms with Crippen molar-refractivity contribution in [3.63, 3.8) is 0 Å². The maximum atomic E-state index is 12.9. The molecule has 0 spiro atoms. The molecule has 4 rings (SSSR count). The van der Waals surface area contributed by atoms with Gasteiger partial charge in [-0.25, -0.2) is 0 Å². The second kappa shape index (κ2) is 11.1. The minimum atomic E-state index is -0.638. The van der Waals surface area contributed by atoms with Gasteiger partial charge < -0.3 is 15.5 Å². The summed E-state index contributed by atoms with van der Waals surface area (Å²) in [5.74, 6) is -0.356. The van der Waals surface area contributed by atoms with Gasteiger partial charge in [-0.2, -0.15) is 0 Å². The van der Waals surface area contributed by atoms with E-state index in [9.17, 15) is 9.59 Å². The van der Waals surface area contributed by atoms with Gasteiger partial charge in [-0.05, 0) is 37.3 Å². The number of aliphatic imine (C=N–C) groups is 1. The number of hydrogen-bond acceptors (Lipinski definition) is 5. The molecule has 0 saturated heterocycles. The van der Waals surface area contributed by atoms with Crippen LogP contribution in [0.2, 0.25) is 0 Å². The molecule has 1 aliphatic heterocycles. The molecule has 2 atom stereocenters. The third-order valence-electron chi connectivity index (χ3n) is 5.84. The summed E-state index contributed by atoms with van der Waals surface area (Å²) in [6.45, 7) is 2.24. The topological polar surface area (TPSA) is 73.8 Å². The second-order valence-electron chi connectivity index (χ2n) is 8.49. The zero-order chi connectivity index (χ0) is 23.9. The number of nitrogens with zero attached hydrogens (tertiary/aromatic N) is 2. The molecule has 0 aliphatic carbocycles. The predicted octanol–water partition coefficient (Wildman–Crippen LogP) is 4.01. The lowest BCUT2D eigenvalue weighted by molar-refractivity contribution is -0.129. The smallest absolute Gasteiger partial charge is 0.243 e. The summed E-state index contributed by atoms with van der Waals surface area (Å²) in [5, 5.41) is 7.89. The van der Waals surface area contributed by atoms with Crippen molar-refractivity contribution in [3.8, 4) is 0 Å². The zero-order valence-electron chi connectivity index (χ0n) is 19.5. The highest BCUT2D eigenvalue weighted by molar-refractivity contribution is 7.09. The number of para-hydroxylation sites is 1. The first-order valence-electron chi connectivity index (χ1n) is 11.6. The molecule has 3 aromatic rings. The number of benzene rings is 2. The van der Waals surface area contributed by atoms with Gasteiger partial charge in [0.25, 0.3) is 0 Å². The number of carbonyl (C=O) groups excluding carboxylic acids is 2. The Morgan fingerprint density at radius 1 is 1.09 bits per heavy atom. The number of likely N-dealkylation sites (N-methyl/N-ethyl adjacent to an activating group) is 1. The van der Waals surface area contributed by atoms with Crippen molar-refractivity contribution < 1.29 is 9.59 Å². The second-order valence-corrected chi connectivity index (χ2v) is 9.52. The first kappa shape index (κ1) is 23.7. The Morgan fingerprint density at radius 3 is 2.62 bits per heavy atom. The minimum Gasteiger partial charge on any atom is -0.370 e. The lowest BCUT2D eigenvalue weighted by Crippen LogP contribution is -2.50. The highest BCUT2D eigenvalue weighted by atomic mass is 32.1. The summed E-state index contributed by atoms with van der Waals surface area (Å²) in [5.41, 5.74) is 3.93. The van der Waals surface area contributed by atoms with Crippen LogP contribution < -0.4 is 15.5 Å². The van der Waals surface area contributed by atoms with Crippen molar-refractivity contribution in [3.05, 3.63) is 88.1 Å². The number of amides is 2. The summed E-state index contributed by atoms with van der Waals surface area (Å²) < 4.78 is 0. The van der Waals surface area contributed by atoms with Gasteiger partial charge in [0, 0.05) is 35.2 Å². The molecule has 1 aliphatic rings. The Labute approximate surface area is 204 Å². The van der Waals surface area contributed by atoms with E-state index in [1.54, 1.807) is 18.3 Å². The molecule has 2 aromatic carbocycles. The van der Waals surface area contributed by atoms with Crippen LogP contribution in [0.5, 0.6) is 0 Å². The summed E-state index contributed by atoms with van der Waals surface area (Å²) >= 11 is 1.70. The van der Waals surface area contributed by atoms with Gasteiger partial charge in [0.2, 0.25) is 11.8 Å². The van der Waals surface area contributed by atoms with Crippen LogP contribution in [0.4, 0.5) is 5.69 Å². The normalized spacial score (nSPS) is 16.1. The van der Waals surface area contributed by atoms with Crippen LogP contribution in [0.3, 0.4) is 0 Å². The van der Waals surface area contributed by atoms with Crippen molar-refractivity contribution in [2.75, 3.05) is 18.5 Å².